The summed E-state index contributed by atoms with van der Waals surface area (Å²) < 4.78 is 9.55. The van der Waals surface area contributed by atoms with Gasteiger partial charge in [0.05, 0.1) is 66.7 Å². The maximum atomic E-state index is 6.29. The Kier molecular flexibility index (Phi) is 13.1. The normalized spacial score (nSPS) is 11.8. The first-order valence-corrected chi connectivity index (χ1v) is 33.8. The summed E-state index contributed by atoms with van der Waals surface area (Å²) in [5.74, 6) is 1.66. The molecule has 0 bridgehead atoms. The molecule has 0 fully saturated rings. The lowest BCUT2D eigenvalue weighted by atomic mass is 9.85. The van der Waals surface area contributed by atoms with E-state index in [1.807, 2.05) is 48.7 Å². The fraction of sp³-hybridized carbons (Fsp3) is 0. The molecule has 9 heteroatoms. The number of aromatic nitrogens is 9. The first-order valence-electron chi connectivity index (χ1n) is 33.8. The molecular weight excluding hydrogens is 1220 g/mol. The van der Waals surface area contributed by atoms with Gasteiger partial charge >= 0.3 is 0 Å². The highest BCUT2D eigenvalue weighted by atomic mass is 15.1. The van der Waals surface area contributed by atoms with Gasteiger partial charge in [-0.1, -0.05) is 249 Å². The van der Waals surface area contributed by atoms with Gasteiger partial charge in [-0.05, 0) is 102 Å². The second kappa shape index (κ2) is 23.0. The summed E-state index contributed by atoms with van der Waals surface area (Å²) in [6, 6.07) is 121. The molecule has 7 aromatic heterocycles. The van der Waals surface area contributed by atoms with E-state index in [1.165, 1.54) is 32.3 Å². The predicted molar refractivity (Wildman–Crippen MR) is 411 cm³/mol. The summed E-state index contributed by atoms with van der Waals surface area (Å²) in [6.07, 6.45) is 1.90. The van der Waals surface area contributed by atoms with Crippen LogP contribution in [0.15, 0.2) is 346 Å². The molecule has 20 aromatic rings. The third-order valence-electron chi connectivity index (χ3n) is 19.9. The lowest BCUT2D eigenvalue weighted by molar-refractivity contribution is 1.07. The molecule has 0 aliphatic rings. The van der Waals surface area contributed by atoms with Crippen molar-refractivity contribution in [3.63, 3.8) is 0 Å². The van der Waals surface area contributed by atoms with Crippen LogP contribution in [0.25, 0.3) is 189 Å². The van der Waals surface area contributed by atoms with E-state index in [0.717, 1.165) is 139 Å². The van der Waals surface area contributed by atoms with E-state index in [0.29, 0.717) is 17.5 Å². The summed E-state index contributed by atoms with van der Waals surface area (Å²) in [7, 11) is 0. The standard InChI is InChI=1S/C91H57N9/c1-3-24-61(25-4-1)89-94-90(62-26-5-2-6-27-62)96-91(95-89)73-35-8-7-34-72(73)84-83(58-45-51-63(52-46-58)97-75-37-16-9-28-66(75)67-29-10-17-38-76(67)97)85(59-47-53-64(54-48-59)98-77-39-18-11-30-68(77)69-31-12-19-40-78(69)98)93-86(88(84)100-81-43-22-15-36-74(81)87-82(100)44-23-57-92-87)60-49-55-65(56-50-60)99-79-41-20-13-32-70(79)71-33-14-21-42-80(71)99/h1-57H. The zero-order valence-electron chi connectivity index (χ0n) is 53.9. The number of para-hydroxylation sites is 7. The van der Waals surface area contributed by atoms with Crippen molar-refractivity contribution in [2.75, 3.05) is 0 Å². The van der Waals surface area contributed by atoms with Gasteiger partial charge in [0.1, 0.15) is 0 Å². The molecule has 0 amide bonds. The number of hydrogen-bond acceptors (Lipinski definition) is 5. The Morgan fingerprint density at radius 2 is 0.530 bits per heavy atom. The van der Waals surface area contributed by atoms with E-state index in [-0.39, 0.29) is 0 Å². The Morgan fingerprint density at radius 1 is 0.200 bits per heavy atom. The lowest BCUT2D eigenvalue weighted by Gasteiger charge is -2.26. The van der Waals surface area contributed by atoms with E-state index < -0.39 is 0 Å². The van der Waals surface area contributed by atoms with Crippen LogP contribution in [0.3, 0.4) is 0 Å². The Morgan fingerprint density at radius 3 is 0.960 bits per heavy atom. The molecule has 7 heterocycles. The monoisotopic (exact) mass is 1280 g/mol. The average molecular weight is 1280 g/mol. The molecule has 0 saturated carbocycles. The van der Waals surface area contributed by atoms with E-state index in [4.69, 9.17) is 24.9 Å². The van der Waals surface area contributed by atoms with Crippen molar-refractivity contribution >= 4 is 87.4 Å². The second-order valence-electron chi connectivity index (χ2n) is 25.5. The van der Waals surface area contributed by atoms with Gasteiger partial charge in [0.15, 0.2) is 17.5 Å². The van der Waals surface area contributed by atoms with Gasteiger partial charge in [0, 0.05) is 99.9 Å². The molecule has 0 spiro atoms. The minimum absolute atomic E-state index is 0.525. The van der Waals surface area contributed by atoms with E-state index >= 15 is 0 Å². The van der Waals surface area contributed by atoms with Crippen molar-refractivity contribution < 1.29 is 0 Å². The Balaban J connectivity index is 0.928. The zero-order chi connectivity index (χ0) is 65.8. The zero-order valence-corrected chi connectivity index (χ0v) is 53.9. The van der Waals surface area contributed by atoms with Gasteiger partial charge < -0.3 is 18.3 Å². The van der Waals surface area contributed by atoms with Crippen molar-refractivity contribution in [1.82, 2.24) is 43.2 Å². The molecule has 20 rings (SSSR count). The summed E-state index contributed by atoms with van der Waals surface area (Å²) >= 11 is 0. The van der Waals surface area contributed by atoms with Crippen molar-refractivity contribution in [3.8, 4) is 102 Å². The lowest BCUT2D eigenvalue weighted by Crippen LogP contribution is -2.08. The molecule has 100 heavy (non-hydrogen) atoms. The second-order valence-corrected chi connectivity index (χ2v) is 25.5. The third-order valence-corrected chi connectivity index (χ3v) is 19.9. The number of fused-ring (bicyclic) bond motifs is 12. The van der Waals surface area contributed by atoms with Gasteiger partial charge in [-0.2, -0.15) is 0 Å². The van der Waals surface area contributed by atoms with Crippen LogP contribution >= 0.6 is 0 Å². The van der Waals surface area contributed by atoms with Crippen LogP contribution in [0.4, 0.5) is 0 Å². The summed E-state index contributed by atoms with van der Waals surface area (Å²) in [4.78, 5) is 27.8. The van der Waals surface area contributed by atoms with Gasteiger partial charge in [-0.3, -0.25) is 4.98 Å². The van der Waals surface area contributed by atoms with E-state index in [1.54, 1.807) is 0 Å². The number of rotatable bonds is 11. The first-order chi connectivity index (χ1) is 49.6. The predicted octanol–water partition coefficient (Wildman–Crippen LogP) is 22.7. The Hall–Kier alpha value is -13.6. The summed E-state index contributed by atoms with van der Waals surface area (Å²) in [6.45, 7) is 0. The molecule has 466 valence electrons. The molecule has 9 nitrogen and oxygen atoms in total. The highest BCUT2D eigenvalue weighted by Gasteiger charge is 2.31. The number of hydrogen-bond donors (Lipinski definition) is 0. The quantitative estimate of drug-likeness (QED) is 0.129. The third kappa shape index (κ3) is 8.99. The average Bonchev–Trinajstić information content (AvgIpc) is 1.24. The Bertz CT molecular complexity index is 6350. The molecular formula is C91H57N9. The van der Waals surface area contributed by atoms with Crippen molar-refractivity contribution in [1.29, 1.82) is 0 Å². The number of nitrogens with zero attached hydrogens (tertiary/aromatic N) is 9. The van der Waals surface area contributed by atoms with Gasteiger partial charge in [-0.15, -0.1) is 0 Å². The van der Waals surface area contributed by atoms with E-state index in [9.17, 15) is 0 Å². The van der Waals surface area contributed by atoms with Gasteiger partial charge in [0.25, 0.3) is 0 Å². The van der Waals surface area contributed by atoms with E-state index in [2.05, 4.69) is 316 Å². The number of benzene rings is 13. The molecule has 0 unspecified atom stereocenters. The molecule has 0 atom stereocenters. The van der Waals surface area contributed by atoms with Gasteiger partial charge in [-0.25, -0.2) is 19.9 Å². The maximum Gasteiger partial charge on any atom is 0.164 e. The molecule has 0 N–H and O–H groups in total. The summed E-state index contributed by atoms with van der Waals surface area (Å²) in [5.41, 5.74) is 23.3. The molecule has 0 saturated heterocycles. The van der Waals surface area contributed by atoms with Crippen LogP contribution in [0, 0.1) is 0 Å². The van der Waals surface area contributed by atoms with Crippen LogP contribution < -0.4 is 0 Å². The highest BCUT2D eigenvalue weighted by Crippen LogP contribution is 2.51. The largest absolute Gasteiger partial charge is 0.309 e. The van der Waals surface area contributed by atoms with Crippen molar-refractivity contribution in [2.45, 2.75) is 0 Å². The number of pyridine rings is 2. The molecule has 0 aliphatic heterocycles. The minimum atomic E-state index is 0.525. The van der Waals surface area contributed by atoms with Gasteiger partial charge in [0.2, 0.25) is 0 Å². The van der Waals surface area contributed by atoms with Crippen LogP contribution in [0.2, 0.25) is 0 Å². The van der Waals surface area contributed by atoms with Crippen LogP contribution in [0.1, 0.15) is 0 Å². The summed E-state index contributed by atoms with van der Waals surface area (Å²) in [5, 5.41) is 8.22. The Labute approximate surface area is 574 Å². The molecule has 0 aliphatic carbocycles. The SMILES string of the molecule is c1ccc(-c2nc(-c3ccccc3)nc(-c3ccccc3-c3c(-c4ccc(-n5c6ccccc6c6ccccc65)cc4)c(-c4ccc(-n5c6ccccc6c6ccccc65)cc4)nc(-c4ccc(-n5c6ccccc6c6ccccc65)cc4)c3-n3c4ccccc4c4ncccc43)n2)cc1. The molecule has 0 radical (unpaired) electrons. The highest BCUT2D eigenvalue weighted by molar-refractivity contribution is 6.14. The van der Waals surface area contributed by atoms with Crippen molar-refractivity contribution in [3.05, 3.63) is 346 Å². The smallest absolute Gasteiger partial charge is 0.164 e. The maximum absolute atomic E-state index is 6.29. The van der Waals surface area contributed by atoms with Crippen LogP contribution in [-0.2, 0) is 0 Å². The van der Waals surface area contributed by atoms with Crippen molar-refractivity contribution in [2.24, 2.45) is 0 Å². The fourth-order valence-corrected chi connectivity index (χ4v) is 15.5. The molecule has 13 aromatic carbocycles. The first kappa shape index (κ1) is 56.7. The van der Waals surface area contributed by atoms with Crippen LogP contribution in [-0.4, -0.2) is 43.2 Å². The minimum Gasteiger partial charge on any atom is -0.309 e. The fourth-order valence-electron chi connectivity index (χ4n) is 15.5. The topological polar surface area (TPSA) is 84.2 Å². The van der Waals surface area contributed by atoms with Crippen LogP contribution in [0.5, 0.6) is 0 Å².